The first-order valence-corrected chi connectivity index (χ1v) is 10.3. The van der Waals surface area contributed by atoms with E-state index in [0.29, 0.717) is 11.0 Å². The smallest absolute Gasteiger partial charge is 0.193 e. The maximum Gasteiger partial charge on any atom is 0.193 e. The summed E-state index contributed by atoms with van der Waals surface area (Å²) in [7, 11) is 0. The summed E-state index contributed by atoms with van der Waals surface area (Å²) < 4.78 is 33.9. The Morgan fingerprint density at radius 2 is 1.84 bits per heavy atom. The van der Waals surface area contributed by atoms with E-state index in [1.165, 1.54) is 23.4 Å². The van der Waals surface area contributed by atoms with Gasteiger partial charge in [0.2, 0.25) is 0 Å². The predicted molar refractivity (Wildman–Crippen MR) is 118 cm³/mol. The molecule has 4 aromatic rings. The minimum Gasteiger partial charge on any atom is -0.455 e. The van der Waals surface area contributed by atoms with Gasteiger partial charge < -0.3 is 9.32 Å². The fourth-order valence-corrected chi connectivity index (χ4v) is 4.50. The highest BCUT2D eigenvalue weighted by atomic mass is 19.1. The summed E-state index contributed by atoms with van der Waals surface area (Å²) in [6.45, 7) is 4.90. The van der Waals surface area contributed by atoms with Crippen molar-refractivity contribution in [3.63, 3.8) is 0 Å². The lowest BCUT2D eigenvalue weighted by molar-refractivity contribution is 0.569. The second kappa shape index (κ2) is 7.34. The van der Waals surface area contributed by atoms with Gasteiger partial charge in [0.25, 0.3) is 0 Å². The first-order chi connectivity index (χ1) is 14.9. The number of rotatable bonds is 3. The molecule has 0 radical (unpaired) electrons. The molecule has 5 rings (SSSR count). The zero-order chi connectivity index (χ0) is 21.7. The van der Waals surface area contributed by atoms with Crippen LogP contribution in [-0.2, 0) is 6.42 Å². The second-order valence-corrected chi connectivity index (χ2v) is 8.08. The molecular weight excluding hydrogens is 396 g/mol. The van der Waals surface area contributed by atoms with Crippen LogP contribution in [0.15, 0.2) is 69.9 Å². The van der Waals surface area contributed by atoms with Crippen molar-refractivity contribution in [3.8, 4) is 11.3 Å². The van der Waals surface area contributed by atoms with Crippen molar-refractivity contribution in [2.75, 3.05) is 11.4 Å². The third kappa shape index (κ3) is 3.30. The Hall–Kier alpha value is -3.47. The number of nitrogens with zero attached hydrogens (tertiary/aromatic N) is 1. The van der Waals surface area contributed by atoms with E-state index in [1.54, 1.807) is 6.07 Å². The van der Waals surface area contributed by atoms with Crippen LogP contribution in [0.5, 0.6) is 0 Å². The van der Waals surface area contributed by atoms with Gasteiger partial charge in [-0.1, -0.05) is 24.3 Å². The van der Waals surface area contributed by atoms with Gasteiger partial charge in [0.05, 0.1) is 17.0 Å². The molecule has 0 N–H and O–H groups in total. The van der Waals surface area contributed by atoms with Crippen LogP contribution in [-0.4, -0.2) is 6.54 Å². The van der Waals surface area contributed by atoms with Crippen molar-refractivity contribution < 1.29 is 13.2 Å². The normalized spacial score (nSPS) is 14.1. The molecule has 0 saturated heterocycles. The summed E-state index contributed by atoms with van der Waals surface area (Å²) in [6, 6.07) is 16.6. The summed E-state index contributed by atoms with van der Waals surface area (Å²) in [5, 5.41) is 0.459. The Morgan fingerprint density at radius 1 is 1.03 bits per heavy atom. The van der Waals surface area contributed by atoms with E-state index in [4.69, 9.17) is 4.42 Å². The van der Waals surface area contributed by atoms with Crippen LogP contribution in [0, 0.1) is 18.6 Å². The summed E-state index contributed by atoms with van der Waals surface area (Å²) in [4.78, 5) is 15.2. The highest BCUT2D eigenvalue weighted by Crippen LogP contribution is 2.38. The quantitative estimate of drug-likeness (QED) is 0.400. The van der Waals surface area contributed by atoms with Crippen LogP contribution in [0.25, 0.3) is 22.3 Å². The van der Waals surface area contributed by atoms with Crippen LogP contribution < -0.4 is 10.3 Å². The van der Waals surface area contributed by atoms with E-state index >= 15 is 0 Å². The van der Waals surface area contributed by atoms with Crippen LogP contribution in [0.4, 0.5) is 14.5 Å². The van der Waals surface area contributed by atoms with Crippen molar-refractivity contribution in [2.24, 2.45) is 0 Å². The summed E-state index contributed by atoms with van der Waals surface area (Å²) >= 11 is 0. The van der Waals surface area contributed by atoms with Gasteiger partial charge in [-0.05, 0) is 55.7 Å². The van der Waals surface area contributed by atoms with Crippen LogP contribution in [0.3, 0.4) is 0 Å². The first kappa shape index (κ1) is 19.5. The fourth-order valence-electron chi connectivity index (χ4n) is 4.50. The number of para-hydroxylation sites is 1. The van der Waals surface area contributed by atoms with E-state index in [0.717, 1.165) is 36.2 Å². The molecule has 5 heteroatoms. The van der Waals surface area contributed by atoms with E-state index in [2.05, 4.69) is 24.0 Å². The number of anilines is 1. The summed E-state index contributed by atoms with van der Waals surface area (Å²) in [5.41, 5.74) is 4.54. The lowest BCUT2D eigenvalue weighted by Crippen LogP contribution is -2.25. The number of hydrogen-bond donors (Lipinski definition) is 0. The van der Waals surface area contributed by atoms with Gasteiger partial charge in [-0.25, -0.2) is 8.78 Å². The van der Waals surface area contributed by atoms with Gasteiger partial charge in [-0.15, -0.1) is 0 Å². The van der Waals surface area contributed by atoms with E-state index in [9.17, 15) is 13.6 Å². The molecule has 156 valence electrons. The molecule has 0 spiro atoms. The number of aryl methyl sites for hydroxylation is 1. The van der Waals surface area contributed by atoms with Gasteiger partial charge in [0.15, 0.2) is 5.43 Å². The molecule has 3 nitrogen and oxygen atoms in total. The van der Waals surface area contributed by atoms with E-state index in [-0.39, 0.29) is 22.8 Å². The highest BCUT2D eigenvalue weighted by Gasteiger charge is 2.26. The monoisotopic (exact) mass is 417 g/mol. The SMILES string of the molecule is Cc1cc(C(C)N2CCc3ccccc32)c2oc(-c3ccc(F)cc3F)cc(=O)c2c1. The number of halogens is 2. The predicted octanol–water partition coefficient (Wildman–Crippen LogP) is 6.17. The van der Waals surface area contributed by atoms with Crippen molar-refractivity contribution in [2.45, 2.75) is 26.3 Å². The maximum absolute atomic E-state index is 14.4. The third-order valence-corrected chi connectivity index (χ3v) is 6.04. The fraction of sp³-hybridized carbons (Fsp3) is 0.192. The molecule has 3 aromatic carbocycles. The standard InChI is InChI=1S/C26H21F2NO2/c1-15-11-20(16(2)29-10-9-17-5-3-4-6-23(17)29)26-21(12-15)24(30)14-25(31-26)19-8-7-18(27)13-22(19)28/h3-8,11-14,16H,9-10H2,1-2H3. The van der Waals surface area contributed by atoms with Crippen LogP contribution >= 0.6 is 0 Å². The molecule has 1 unspecified atom stereocenters. The second-order valence-electron chi connectivity index (χ2n) is 8.08. The van der Waals surface area contributed by atoms with Gasteiger partial charge >= 0.3 is 0 Å². The van der Waals surface area contributed by atoms with Gasteiger partial charge in [-0.3, -0.25) is 4.79 Å². The third-order valence-electron chi connectivity index (χ3n) is 6.04. The Kier molecular flexibility index (Phi) is 4.62. The van der Waals surface area contributed by atoms with Gasteiger partial charge in [0.1, 0.15) is 23.0 Å². The van der Waals surface area contributed by atoms with Gasteiger partial charge in [0, 0.05) is 29.9 Å². The molecule has 1 aromatic heterocycles. The first-order valence-electron chi connectivity index (χ1n) is 10.3. The lowest BCUT2D eigenvalue weighted by atomic mass is 9.99. The molecule has 1 atom stereocenters. The molecule has 0 bridgehead atoms. The van der Waals surface area contributed by atoms with E-state index < -0.39 is 11.6 Å². The van der Waals surface area contributed by atoms with Crippen LogP contribution in [0.2, 0.25) is 0 Å². The molecule has 0 aliphatic carbocycles. The lowest BCUT2D eigenvalue weighted by Gasteiger charge is -2.28. The topological polar surface area (TPSA) is 33.5 Å². The Morgan fingerprint density at radius 3 is 2.65 bits per heavy atom. The molecule has 0 saturated carbocycles. The molecule has 0 fully saturated rings. The van der Waals surface area contributed by atoms with Crippen molar-refractivity contribution in [1.82, 2.24) is 0 Å². The molecule has 2 heterocycles. The minimum absolute atomic E-state index is 0.0532. The molecule has 1 aliphatic heterocycles. The Bertz CT molecular complexity index is 1380. The van der Waals surface area contributed by atoms with Crippen molar-refractivity contribution in [3.05, 3.63) is 99.2 Å². The zero-order valence-corrected chi connectivity index (χ0v) is 17.3. The summed E-state index contributed by atoms with van der Waals surface area (Å²) in [6.07, 6.45) is 0.959. The summed E-state index contributed by atoms with van der Waals surface area (Å²) in [5.74, 6) is -1.35. The van der Waals surface area contributed by atoms with Crippen molar-refractivity contribution >= 4 is 16.7 Å². The molecule has 1 aliphatic rings. The Labute approximate surface area is 178 Å². The average Bonchev–Trinajstić information content (AvgIpc) is 3.17. The minimum atomic E-state index is -0.766. The zero-order valence-electron chi connectivity index (χ0n) is 17.3. The van der Waals surface area contributed by atoms with Crippen LogP contribution in [0.1, 0.15) is 29.7 Å². The number of fused-ring (bicyclic) bond motifs is 2. The maximum atomic E-state index is 14.4. The number of hydrogen-bond acceptors (Lipinski definition) is 3. The highest BCUT2D eigenvalue weighted by molar-refractivity contribution is 5.83. The average molecular weight is 417 g/mol. The molecule has 0 amide bonds. The van der Waals surface area contributed by atoms with E-state index in [1.807, 2.05) is 25.1 Å². The molecular formula is C26H21F2NO2. The Balaban J connectivity index is 1.70. The van der Waals surface area contributed by atoms with Crippen molar-refractivity contribution in [1.29, 1.82) is 0 Å². The number of benzene rings is 3. The van der Waals surface area contributed by atoms with Gasteiger partial charge in [-0.2, -0.15) is 0 Å². The molecule has 31 heavy (non-hydrogen) atoms. The largest absolute Gasteiger partial charge is 0.455 e.